The Balaban J connectivity index is 1.65. The number of fused-ring (bicyclic) bond motifs is 9. The van der Waals surface area contributed by atoms with E-state index in [4.69, 9.17) is 0 Å². The molecule has 186 valence electrons. The Labute approximate surface area is 223 Å². The molecule has 3 heterocycles. The van der Waals surface area contributed by atoms with Crippen LogP contribution in [0.3, 0.4) is 0 Å². The van der Waals surface area contributed by atoms with E-state index >= 15 is 0 Å². The minimum absolute atomic E-state index is 0.101. The van der Waals surface area contributed by atoms with Crippen LogP contribution in [-0.4, -0.2) is 20.7 Å². The molecule has 0 N–H and O–H groups in total. The zero-order valence-electron chi connectivity index (χ0n) is 21.1. The molecule has 1 aliphatic carbocycles. The third kappa shape index (κ3) is 2.57. The summed E-state index contributed by atoms with van der Waals surface area (Å²) in [4.78, 5) is 43.0. The largest absolute Gasteiger partial charge is 0.339 e. The molecule has 2 aliphatic rings. The van der Waals surface area contributed by atoms with Crippen LogP contribution in [0.25, 0.3) is 44.2 Å². The molecule has 39 heavy (non-hydrogen) atoms. The van der Waals surface area contributed by atoms with Crippen LogP contribution in [0.2, 0.25) is 0 Å². The summed E-state index contributed by atoms with van der Waals surface area (Å²) < 4.78 is 3.57. The summed E-state index contributed by atoms with van der Waals surface area (Å²) in [5.41, 5.74) is 4.55. The first-order valence-corrected chi connectivity index (χ1v) is 13.0. The molecule has 0 saturated carbocycles. The van der Waals surface area contributed by atoms with Gasteiger partial charge in [-0.1, -0.05) is 97.1 Å². The maximum atomic E-state index is 14.8. The number of aryl methyl sites for hydroxylation is 1. The van der Waals surface area contributed by atoms with Crippen molar-refractivity contribution in [3.05, 3.63) is 130 Å². The van der Waals surface area contributed by atoms with Gasteiger partial charge >= 0.3 is 0 Å². The summed E-state index contributed by atoms with van der Waals surface area (Å²) in [5, 5.41) is 1.83. The van der Waals surface area contributed by atoms with Crippen molar-refractivity contribution < 1.29 is 9.59 Å². The fourth-order valence-corrected chi connectivity index (χ4v) is 6.96. The van der Waals surface area contributed by atoms with Crippen LogP contribution in [-0.2, 0) is 12.6 Å². The van der Waals surface area contributed by atoms with Crippen molar-refractivity contribution in [1.29, 1.82) is 0 Å². The van der Waals surface area contributed by atoms with Crippen molar-refractivity contribution in [2.75, 3.05) is 0 Å². The van der Waals surface area contributed by atoms with E-state index in [1.54, 1.807) is 28.8 Å². The van der Waals surface area contributed by atoms with E-state index in [9.17, 15) is 14.4 Å². The van der Waals surface area contributed by atoms with Crippen LogP contribution in [0.15, 0.2) is 108 Å². The lowest BCUT2D eigenvalue weighted by Crippen LogP contribution is -2.50. The van der Waals surface area contributed by atoms with Crippen LogP contribution in [0.5, 0.6) is 0 Å². The fraction of sp³-hybridized carbons (Fsp3) is 0.0882. The Bertz CT molecular complexity index is 2120. The van der Waals surface area contributed by atoms with Crippen molar-refractivity contribution in [1.82, 2.24) is 9.13 Å². The predicted octanol–water partition coefficient (Wildman–Crippen LogP) is 6.35. The van der Waals surface area contributed by atoms with Gasteiger partial charge in [-0.15, -0.1) is 0 Å². The number of nitrogens with zero attached hydrogens (tertiary/aromatic N) is 2. The molecule has 4 aromatic carbocycles. The van der Waals surface area contributed by atoms with Crippen LogP contribution >= 0.6 is 0 Å². The average molecular weight is 507 g/mol. The highest BCUT2D eigenvalue weighted by Crippen LogP contribution is 2.53. The van der Waals surface area contributed by atoms with Crippen LogP contribution in [0.4, 0.5) is 0 Å². The molecule has 5 heteroatoms. The van der Waals surface area contributed by atoms with Gasteiger partial charge in [0, 0.05) is 52.0 Å². The van der Waals surface area contributed by atoms with Gasteiger partial charge in [-0.3, -0.25) is 19.0 Å². The molecule has 0 saturated heterocycles. The normalized spacial score (nSPS) is 17.6. The smallest absolute Gasteiger partial charge is 0.276 e. The number of ketones is 2. The van der Waals surface area contributed by atoms with Crippen molar-refractivity contribution in [2.45, 2.75) is 12.0 Å². The number of Topliss-reactive ketones (excluding diaryl/α,β-unsaturated/α-hetero) is 2. The maximum Gasteiger partial charge on any atom is 0.276 e. The van der Waals surface area contributed by atoms with E-state index in [0.29, 0.717) is 27.9 Å². The van der Waals surface area contributed by atoms with Crippen molar-refractivity contribution in [2.24, 2.45) is 7.05 Å². The highest BCUT2D eigenvalue weighted by molar-refractivity contribution is 6.22. The molecule has 2 aromatic heterocycles. The summed E-state index contributed by atoms with van der Waals surface area (Å²) >= 11 is 0. The molecule has 0 radical (unpaired) electrons. The minimum atomic E-state index is -1.46. The molecule has 1 unspecified atom stereocenters. The first kappa shape index (κ1) is 22.0. The number of benzene rings is 4. The van der Waals surface area contributed by atoms with Gasteiger partial charge < -0.3 is 4.57 Å². The average Bonchev–Trinajstić information content (AvgIpc) is 3.44. The molecule has 1 spiro atoms. The van der Waals surface area contributed by atoms with E-state index in [0.717, 1.165) is 33.0 Å². The Morgan fingerprint density at radius 1 is 0.692 bits per heavy atom. The van der Waals surface area contributed by atoms with Gasteiger partial charge in [-0.25, -0.2) is 0 Å². The van der Waals surface area contributed by atoms with E-state index in [-0.39, 0.29) is 23.5 Å². The van der Waals surface area contributed by atoms with E-state index in [1.165, 1.54) is 0 Å². The lowest BCUT2D eigenvalue weighted by Gasteiger charge is -2.35. The Kier molecular flexibility index (Phi) is 4.24. The Morgan fingerprint density at radius 3 is 2.13 bits per heavy atom. The summed E-state index contributed by atoms with van der Waals surface area (Å²) in [6.45, 7) is 0. The number of para-hydroxylation sites is 1. The minimum Gasteiger partial charge on any atom is -0.339 e. The number of pyridine rings is 1. The summed E-state index contributed by atoms with van der Waals surface area (Å²) in [6.07, 6.45) is -0.101. The van der Waals surface area contributed by atoms with Gasteiger partial charge in [0.05, 0.1) is 5.69 Å². The predicted molar refractivity (Wildman–Crippen MR) is 152 cm³/mol. The van der Waals surface area contributed by atoms with Crippen LogP contribution in [0, 0.1) is 0 Å². The lowest BCUT2D eigenvalue weighted by atomic mass is 9.72. The molecule has 0 amide bonds. The number of aromatic nitrogens is 2. The molecule has 0 fully saturated rings. The molecule has 1 atom stereocenters. The highest BCUT2D eigenvalue weighted by atomic mass is 16.2. The number of hydrogen-bond donors (Lipinski definition) is 0. The van der Waals surface area contributed by atoms with E-state index in [1.807, 2.05) is 90.5 Å². The SMILES string of the molecule is Cn1c2ccccc2c2c(-c3ccccc3)c3n(c(=O)c21)C1(CC(=O)c2ccccc2C1=O)c1ccccc1-3. The topological polar surface area (TPSA) is 61.1 Å². The lowest BCUT2D eigenvalue weighted by molar-refractivity contribution is 0.0758. The van der Waals surface area contributed by atoms with Crippen molar-refractivity contribution in [3.63, 3.8) is 0 Å². The molecular weight excluding hydrogens is 484 g/mol. The standard InChI is InChI=1S/C34H22N2O3/c1-35-26-18-10-8-16-24(26)29-28(20-11-3-2-4-12-20)30-23-15-7-9-17-25(23)34(36(30)33(39)31(29)35)19-27(37)21-13-5-6-14-22(21)32(34)38/h2-18H,19H2,1H3. The second-order valence-corrected chi connectivity index (χ2v) is 10.4. The van der Waals surface area contributed by atoms with Crippen LogP contribution < -0.4 is 5.56 Å². The molecule has 8 rings (SSSR count). The number of carbonyl (C=O) groups is 2. The van der Waals surface area contributed by atoms with Gasteiger partial charge in [-0.05, 0) is 17.2 Å². The Morgan fingerprint density at radius 2 is 1.33 bits per heavy atom. The quantitative estimate of drug-likeness (QED) is 0.261. The van der Waals surface area contributed by atoms with Gasteiger partial charge in [-0.2, -0.15) is 0 Å². The third-order valence-corrected chi connectivity index (χ3v) is 8.56. The zero-order chi connectivity index (χ0) is 26.5. The maximum absolute atomic E-state index is 14.8. The molecule has 6 aromatic rings. The zero-order valence-corrected chi connectivity index (χ0v) is 21.1. The van der Waals surface area contributed by atoms with Crippen LogP contribution in [0.1, 0.15) is 32.7 Å². The van der Waals surface area contributed by atoms with Gasteiger partial charge in [0.15, 0.2) is 11.6 Å². The summed E-state index contributed by atoms with van der Waals surface area (Å²) in [6, 6.07) is 32.7. The van der Waals surface area contributed by atoms with E-state index in [2.05, 4.69) is 0 Å². The second-order valence-electron chi connectivity index (χ2n) is 10.4. The Hall–Kier alpha value is -5.03. The first-order valence-electron chi connectivity index (χ1n) is 13.0. The third-order valence-electron chi connectivity index (χ3n) is 8.56. The number of rotatable bonds is 1. The number of hydrogen-bond acceptors (Lipinski definition) is 3. The molecule has 1 aliphatic heterocycles. The van der Waals surface area contributed by atoms with E-state index < -0.39 is 5.54 Å². The monoisotopic (exact) mass is 506 g/mol. The van der Waals surface area contributed by atoms with Gasteiger partial charge in [0.25, 0.3) is 5.56 Å². The van der Waals surface area contributed by atoms with Gasteiger partial charge in [0.1, 0.15) is 11.1 Å². The molecule has 5 nitrogen and oxygen atoms in total. The highest BCUT2D eigenvalue weighted by Gasteiger charge is 2.55. The fourth-order valence-electron chi connectivity index (χ4n) is 6.96. The second kappa shape index (κ2) is 7.51. The van der Waals surface area contributed by atoms with Crippen molar-refractivity contribution in [3.8, 4) is 22.4 Å². The first-order chi connectivity index (χ1) is 19.0. The number of carbonyl (C=O) groups excluding carboxylic acids is 2. The molecule has 0 bridgehead atoms. The summed E-state index contributed by atoms with van der Waals surface area (Å²) in [5.74, 6) is -0.360. The summed E-state index contributed by atoms with van der Waals surface area (Å²) in [7, 11) is 1.89. The van der Waals surface area contributed by atoms with Crippen molar-refractivity contribution >= 4 is 33.4 Å². The van der Waals surface area contributed by atoms with Gasteiger partial charge in [0.2, 0.25) is 0 Å². The molecular formula is C34H22N2O3.